The Hall–Kier alpha value is -0.830. The Morgan fingerprint density at radius 1 is 1.37 bits per heavy atom. The summed E-state index contributed by atoms with van der Waals surface area (Å²) < 4.78 is 2.19. The molecule has 0 spiro atoms. The summed E-state index contributed by atoms with van der Waals surface area (Å²) in [5.74, 6) is 2.33. The average Bonchev–Trinajstić information content (AvgIpc) is 2.88. The van der Waals surface area contributed by atoms with E-state index in [1.807, 2.05) is 6.20 Å². The van der Waals surface area contributed by atoms with Crippen LogP contribution in [-0.2, 0) is 6.54 Å². The highest BCUT2D eigenvalue weighted by molar-refractivity contribution is 5.11. The number of nitrogens with zero attached hydrogens (tertiary/aromatic N) is 2. The van der Waals surface area contributed by atoms with Gasteiger partial charge in [-0.3, -0.25) is 4.68 Å². The van der Waals surface area contributed by atoms with Crippen LogP contribution in [0.1, 0.15) is 58.1 Å². The Bertz CT molecular complexity index is 372. The van der Waals surface area contributed by atoms with Gasteiger partial charge in [-0.2, -0.15) is 5.10 Å². The van der Waals surface area contributed by atoms with E-state index >= 15 is 0 Å². The SMILES string of the molecule is CCCNCC1CCC(C)CC1c1ccnn1CC. The van der Waals surface area contributed by atoms with Gasteiger partial charge in [0, 0.05) is 24.4 Å². The molecular weight excluding hydrogens is 234 g/mol. The fraction of sp³-hybridized carbons (Fsp3) is 0.812. The van der Waals surface area contributed by atoms with Crippen molar-refractivity contribution in [3.8, 4) is 0 Å². The lowest BCUT2D eigenvalue weighted by molar-refractivity contribution is 0.233. The second-order valence-electron chi connectivity index (χ2n) is 6.06. The van der Waals surface area contributed by atoms with Crippen molar-refractivity contribution in [1.29, 1.82) is 0 Å². The average molecular weight is 263 g/mol. The van der Waals surface area contributed by atoms with Gasteiger partial charge in [0.25, 0.3) is 0 Å². The van der Waals surface area contributed by atoms with Gasteiger partial charge in [-0.25, -0.2) is 0 Å². The lowest BCUT2D eigenvalue weighted by Crippen LogP contribution is -2.33. The molecule has 19 heavy (non-hydrogen) atoms. The molecule has 1 heterocycles. The van der Waals surface area contributed by atoms with Crippen molar-refractivity contribution in [2.45, 2.75) is 58.9 Å². The summed E-state index contributed by atoms with van der Waals surface area (Å²) in [6, 6.07) is 2.24. The van der Waals surface area contributed by atoms with E-state index in [1.165, 1.54) is 37.9 Å². The summed E-state index contributed by atoms with van der Waals surface area (Å²) in [7, 11) is 0. The monoisotopic (exact) mass is 263 g/mol. The number of aryl methyl sites for hydroxylation is 1. The predicted octanol–water partition coefficient (Wildman–Crippen LogP) is 3.42. The highest BCUT2D eigenvalue weighted by Gasteiger charge is 2.31. The quantitative estimate of drug-likeness (QED) is 0.797. The number of aromatic nitrogens is 2. The molecule has 0 amide bonds. The topological polar surface area (TPSA) is 29.9 Å². The van der Waals surface area contributed by atoms with Crippen molar-refractivity contribution in [3.63, 3.8) is 0 Å². The minimum Gasteiger partial charge on any atom is -0.316 e. The molecule has 1 aliphatic carbocycles. The van der Waals surface area contributed by atoms with Gasteiger partial charge in [0.1, 0.15) is 0 Å². The number of hydrogen-bond acceptors (Lipinski definition) is 2. The number of rotatable bonds is 6. The summed E-state index contributed by atoms with van der Waals surface area (Å²) >= 11 is 0. The van der Waals surface area contributed by atoms with E-state index in [0.29, 0.717) is 5.92 Å². The second-order valence-corrected chi connectivity index (χ2v) is 6.06. The molecule has 3 atom stereocenters. The third-order valence-corrected chi connectivity index (χ3v) is 4.52. The van der Waals surface area contributed by atoms with Crippen LogP contribution in [0.2, 0.25) is 0 Å². The first-order valence-electron chi connectivity index (χ1n) is 7.98. The first kappa shape index (κ1) is 14.6. The van der Waals surface area contributed by atoms with Crippen LogP contribution in [-0.4, -0.2) is 22.9 Å². The molecule has 2 rings (SSSR count). The lowest BCUT2D eigenvalue weighted by atomic mass is 9.73. The third-order valence-electron chi connectivity index (χ3n) is 4.52. The Morgan fingerprint density at radius 2 is 2.21 bits per heavy atom. The van der Waals surface area contributed by atoms with Gasteiger partial charge in [0.2, 0.25) is 0 Å². The molecule has 1 aromatic heterocycles. The van der Waals surface area contributed by atoms with Crippen molar-refractivity contribution in [1.82, 2.24) is 15.1 Å². The van der Waals surface area contributed by atoms with E-state index in [2.05, 4.69) is 41.9 Å². The lowest BCUT2D eigenvalue weighted by Gasteiger charge is -2.35. The summed E-state index contributed by atoms with van der Waals surface area (Å²) in [6.07, 6.45) is 7.26. The Kier molecular flexibility index (Phi) is 5.44. The van der Waals surface area contributed by atoms with E-state index in [4.69, 9.17) is 0 Å². The molecule has 1 fully saturated rings. The molecule has 0 aromatic carbocycles. The van der Waals surface area contributed by atoms with Crippen LogP contribution >= 0.6 is 0 Å². The van der Waals surface area contributed by atoms with Crippen LogP contribution in [0.4, 0.5) is 0 Å². The maximum Gasteiger partial charge on any atom is 0.0492 e. The fourth-order valence-electron chi connectivity index (χ4n) is 3.44. The normalized spacial score (nSPS) is 27.6. The molecule has 1 N–H and O–H groups in total. The molecule has 3 nitrogen and oxygen atoms in total. The Balaban J connectivity index is 2.07. The van der Waals surface area contributed by atoms with Gasteiger partial charge >= 0.3 is 0 Å². The van der Waals surface area contributed by atoms with Crippen LogP contribution in [0.3, 0.4) is 0 Å². The first-order chi connectivity index (χ1) is 9.26. The second kappa shape index (κ2) is 7.09. The minimum atomic E-state index is 0.690. The van der Waals surface area contributed by atoms with Crippen LogP contribution in [0.25, 0.3) is 0 Å². The third kappa shape index (κ3) is 3.59. The van der Waals surface area contributed by atoms with Crippen LogP contribution in [0.15, 0.2) is 12.3 Å². The predicted molar refractivity (Wildman–Crippen MR) is 80.3 cm³/mol. The maximum atomic E-state index is 4.46. The molecule has 0 saturated heterocycles. The summed E-state index contributed by atoms with van der Waals surface area (Å²) in [5, 5.41) is 8.08. The smallest absolute Gasteiger partial charge is 0.0492 e. The maximum absolute atomic E-state index is 4.46. The first-order valence-corrected chi connectivity index (χ1v) is 7.98. The minimum absolute atomic E-state index is 0.690. The zero-order chi connectivity index (χ0) is 13.7. The van der Waals surface area contributed by atoms with Gasteiger partial charge in [-0.05, 0) is 57.2 Å². The summed E-state index contributed by atoms with van der Waals surface area (Å²) in [6.45, 7) is 10.1. The summed E-state index contributed by atoms with van der Waals surface area (Å²) in [5.41, 5.74) is 1.46. The standard InChI is InChI=1S/C16H29N3/c1-4-9-17-12-14-7-6-13(3)11-15(14)16-8-10-18-19(16)5-2/h8,10,13-15,17H,4-7,9,11-12H2,1-3H3. The zero-order valence-electron chi connectivity index (χ0n) is 12.7. The van der Waals surface area contributed by atoms with Crippen LogP contribution in [0, 0.1) is 11.8 Å². The molecule has 3 unspecified atom stereocenters. The van der Waals surface area contributed by atoms with Gasteiger partial charge in [0.15, 0.2) is 0 Å². The van der Waals surface area contributed by atoms with E-state index in [0.717, 1.165) is 24.9 Å². The molecule has 0 bridgehead atoms. The molecule has 0 aliphatic heterocycles. The zero-order valence-corrected chi connectivity index (χ0v) is 12.7. The van der Waals surface area contributed by atoms with Crippen LogP contribution in [0.5, 0.6) is 0 Å². The molecule has 1 aliphatic rings. The molecule has 0 radical (unpaired) electrons. The molecule has 1 saturated carbocycles. The van der Waals surface area contributed by atoms with Crippen LogP contribution < -0.4 is 5.32 Å². The highest BCUT2D eigenvalue weighted by atomic mass is 15.3. The largest absolute Gasteiger partial charge is 0.316 e. The molecular formula is C16H29N3. The van der Waals surface area contributed by atoms with E-state index in [-0.39, 0.29) is 0 Å². The van der Waals surface area contributed by atoms with Gasteiger partial charge < -0.3 is 5.32 Å². The van der Waals surface area contributed by atoms with Crippen molar-refractivity contribution in [2.75, 3.05) is 13.1 Å². The molecule has 1 aromatic rings. The van der Waals surface area contributed by atoms with E-state index < -0.39 is 0 Å². The molecule has 3 heteroatoms. The van der Waals surface area contributed by atoms with E-state index in [9.17, 15) is 0 Å². The van der Waals surface area contributed by atoms with Gasteiger partial charge in [-0.1, -0.05) is 20.3 Å². The van der Waals surface area contributed by atoms with Gasteiger partial charge in [0.05, 0.1) is 0 Å². The van der Waals surface area contributed by atoms with Crippen molar-refractivity contribution in [3.05, 3.63) is 18.0 Å². The highest BCUT2D eigenvalue weighted by Crippen LogP contribution is 2.40. The van der Waals surface area contributed by atoms with Crippen molar-refractivity contribution in [2.24, 2.45) is 11.8 Å². The number of hydrogen-bond donors (Lipinski definition) is 1. The molecule has 108 valence electrons. The van der Waals surface area contributed by atoms with Gasteiger partial charge in [-0.15, -0.1) is 0 Å². The van der Waals surface area contributed by atoms with E-state index in [1.54, 1.807) is 0 Å². The Morgan fingerprint density at radius 3 is 2.95 bits per heavy atom. The Labute approximate surface area is 117 Å². The summed E-state index contributed by atoms with van der Waals surface area (Å²) in [4.78, 5) is 0. The van der Waals surface area contributed by atoms with Crippen molar-refractivity contribution < 1.29 is 0 Å². The number of nitrogens with one attached hydrogen (secondary N) is 1. The fourth-order valence-corrected chi connectivity index (χ4v) is 3.44. The van der Waals surface area contributed by atoms with Crippen molar-refractivity contribution >= 4 is 0 Å².